The summed E-state index contributed by atoms with van der Waals surface area (Å²) in [5.74, 6) is 2.16. The van der Waals surface area contributed by atoms with E-state index < -0.39 is 0 Å². The molecule has 1 atom stereocenters. The van der Waals surface area contributed by atoms with Crippen molar-refractivity contribution in [1.82, 2.24) is 20.0 Å². The number of nitrogens with zero attached hydrogens (tertiary/aromatic N) is 4. The fourth-order valence-electron chi connectivity index (χ4n) is 3.32. The van der Waals surface area contributed by atoms with Crippen molar-refractivity contribution in [3.05, 3.63) is 60.6 Å². The van der Waals surface area contributed by atoms with Crippen molar-refractivity contribution in [3.8, 4) is 17.3 Å². The van der Waals surface area contributed by atoms with Crippen molar-refractivity contribution in [2.75, 3.05) is 19.7 Å². The lowest BCUT2D eigenvalue weighted by Crippen LogP contribution is -2.25. The molecule has 0 N–H and O–H groups in total. The van der Waals surface area contributed by atoms with Crippen LogP contribution in [0.1, 0.15) is 31.2 Å². The highest BCUT2D eigenvalue weighted by molar-refractivity contribution is 5.47. The molecule has 0 spiro atoms. The Hall–Kier alpha value is -2.73. The number of aromatic nitrogens is 3. The highest BCUT2D eigenvalue weighted by atomic mass is 16.5. The summed E-state index contributed by atoms with van der Waals surface area (Å²) < 4.78 is 11.3. The Bertz CT molecular complexity index is 807. The summed E-state index contributed by atoms with van der Waals surface area (Å²) in [6.45, 7) is 2.71. The van der Waals surface area contributed by atoms with Gasteiger partial charge >= 0.3 is 0 Å². The number of benzene rings is 1. The first kappa shape index (κ1) is 16.7. The first-order valence-electron chi connectivity index (χ1n) is 9.07. The molecule has 1 aliphatic heterocycles. The molecule has 1 aliphatic rings. The number of pyridine rings is 1. The van der Waals surface area contributed by atoms with E-state index in [9.17, 15) is 0 Å². The second-order valence-corrected chi connectivity index (χ2v) is 6.38. The minimum Gasteiger partial charge on any atom is -0.494 e. The zero-order chi connectivity index (χ0) is 17.6. The molecule has 6 nitrogen and oxygen atoms in total. The molecule has 2 aromatic heterocycles. The molecule has 0 bridgehead atoms. The van der Waals surface area contributed by atoms with Crippen molar-refractivity contribution >= 4 is 0 Å². The van der Waals surface area contributed by atoms with Crippen LogP contribution in [0.2, 0.25) is 0 Å². The van der Waals surface area contributed by atoms with Gasteiger partial charge < -0.3 is 9.26 Å². The predicted octanol–water partition coefficient (Wildman–Crippen LogP) is 3.74. The van der Waals surface area contributed by atoms with Gasteiger partial charge in [-0.15, -0.1) is 0 Å². The molecule has 0 radical (unpaired) electrons. The zero-order valence-corrected chi connectivity index (χ0v) is 14.6. The lowest BCUT2D eigenvalue weighted by molar-refractivity contribution is 0.190. The van der Waals surface area contributed by atoms with Gasteiger partial charge in [0.2, 0.25) is 11.7 Å². The molecule has 6 heteroatoms. The predicted molar refractivity (Wildman–Crippen MR) is 97.6 cm³/mol. The fourth-order valence-corrected chi connectivity index (χ4v) is 3.32. The van der Waals surface area contributed by atoms with Gasteiger partial charge in [0.05, 0.1) is 12.6 Å². The van der Waals surface area contributed by atoms with Gasteiger partial charge in [0.25, 0.3) is 0 Å². The summed E-state index contributed by atoms with van der Waals surface area (Å²) in [6.07, 6.45) is 4.89. The van der Waals surface area contributed by atoms with Crippen molar-refractivity contribution in [3.63, 3.8) is 0 Å². The highest BCUT2D eigenvalue weighted by Crippen LogP contribution is 2.31. The van der Waals surface area contributed by atoms with Crippen LogP contribution in [0, 0.1) is 0 Å². The first-order valence-corrected chi connectivity index (χ1v) is 9.07. The Balaban J connectivity index is 1.33. The van der Waals surface area contributed by atoms with Gasteiger partial charge in [-0.1, -0.05) is 29.4 Å². The van der Waals surface area contributed by atoms with Crippen molar-refractivity contribution in [2.45, 2.75) is 25.3 Å². The number of likely N-dealkylation sites (tertiary alicyclic amines) is 1. The summed E-state index contributed by atoms with van der Waals surface area (Å²) in [6, 6.07) is 15.8. The maximum atomic E-state index is 5.78. The SMILES string of the molecule is c1ccc(OCCCN2CCC[C@@H]2c2nc(-c3ccccn3)no2)cc1. The van der Waals surface area contributed by atoms with Crippen LogP contribution in [0.25, 0.3) is 11.5 Å². The van der Waals surface area contributed by atoms with E-state index in [0.29, 0.717) is 18.3 Å². The minimum absolute atomic E-state index is 0.191. The van der Waals surface area contributed by atoms with Gasteiger partial charge in [-0.05, 0) is 50.1 Å². The summed E-state index contributed by atoms with van der Waals surface area (Å²) in [5.41, 5.74) is 0.739. The van der Waals surface area contributed by atoms with Crippen LogP contribution in [0.15, 0.2) is 59.3 Å². The van der Waals surface area contributed by atoms with Crippen LogP contribution < -0.4 is 4.74 Å². The van der Waals surface area contributed by atoms with Gasteiger partial charge in [0, 0.05) is 12.7 Å². The normalized spacial score (nSPS) is 17.5. The number of hydrogen-bond acceptors (Lipinski definition) is 6. The lowest BCUT2D eigenvalue weighted by Gasteiger charge is -2.21. The number of hydrogen-bond donors (Lipinski definition) is 0. The summed E-state index contributed by atoms with van der Waals surface area (Å²) in [5, 5.41) is 4.10. The maximum Gasteiger partial charge on any atom is 0.244 e. The quantitative estimate of drug-likeness (QED) is 0.605. The molecule has 0 unspecified atom stereocenters. The second-order valence-electron chi connectivity index (χ2n) is 6.38. The van der Waals surface area contributed by atoms with E-state index >= 15 is 0 Å². The van der Waals surface area contributed by atoms with Gasteiger partial charge in [0.15, 0.2) is 0 Å². The van der Waals surface area contributed by atoms with Crippen LogP contribution >= 0.6 is 0 Å². The molecule has 0 saturated carbocycles. The first-order chi connectivity index (χ1) is 12.9. The highest BCUT2D eigenvalue weighted by Gasteiger charge is 2.30. The van der Waals surface area contributed by atoms with E-state index in [1.807, 2.05) is 48.5 Å². The number of rotatable bonds is 7. The topological polar surface area (TPSA) is 64.3 Å². The van der Waals surface area contributed by atoms with Crippen LogP contribution in [-0.2, 0) is 0 Å². The molecule has 3 heterocycles. The standard InChI is InChI=1S/C20H22N4O2/c1-2-8-16(9-3-1)25-15-7-14-24-13-6-11-18(24)20-22-19(23-26-20)17-10-4-5-12-21-17/h1-5,8-10,12,18H,6-7,11,13-15H2/t18-/m1/s1. The van der Waals surface area contributed by atoms with Crippen LogP contribution in [0.5, 0.6) is 5.75 Å². The monoisotopic (exact) mass is 350 g/mol. The molecule has 4 rings (SSSR count). The van der Waals surface area contributed by atoms with E-state index in [2.05, 4.69) is 20.0 Å². The third-order valence-electron chi connectivity index (χ3n) is 4.59. The molecule has 1 saturated heterocycles. The summed E-state index contributed by atoms with van der Waals surface area (Å²) >= 11 is 0. The third kappa shape index (κ3) is 3.91. The van der Waals surface area contributed by atoms with E-state index in [1.165, 1.54) is 0 Å². The minimum atomic E-state index is 0.191. The molecule has 1 aromatic carbocycles. The molecule has 0 amide bonds. The molecule has 3 aromatic rings. The summed E-state index contributed by atoms with van der Waals surface area (Å²) in [4.78, 5) is 11.3. The van der Waals surface area contributed by atoms with Crippen molar-refractivity contribution in [2.24, 2.45) is 0 Å². The zero-order valence-electron chi connectivity index (χ0n) is 14.6. The molecule has 134 valence electrons. The largest absolute Gasteiger partial charge is 0.494 e. The van der Waals surface area contributed by atoms with Gasteiger partial charge in [-0.3, -0.25) is 9.88 Å². The molecular weight excluding hydrogens is 328 g/mol. The Morgan fingerprint density at radius 1 is 1.12 bits per heavy atom. The van der Waals surface area contributed by atoms with Gasteiger partial charge in [-0.2, -0.15) is 4.98 Å². The van der Waals surface area contributed by atoms with Gasteiger partial charge in [0.1, 0.15) is 11.4 Å². The Morgan fingerprint density at radius 2 is 2.00 bits per heavy atom. The fraction of sp³-hybridized carbons (Fsp3) is 0.350. The van der Waals surface area contributed by atoms with Crippen molar-refractivity contribution in [1.29, 1.82) is 0 Å². The molecule has 26 heavy (non-hydrogen) atoms. The lowest BCUT2D eigenvalue weighted by atomic mass is 10.2. The van der Waals surface area contributed by atoms with Crippen LogP contribution in [0.3, 0.4) is 0 Å². The van der Waals surface area contributed by atoms with Gasteiger partial charge in [-0.25, -0.2) is 0 Å². The maximum absolute atomic E-state index is 5.78. The third-order valence-corrected chi connectivity index (χ3v) is 4.59. The average molecular weight is 350 g/mol. The molecule has 1 fully saturated rings. The van der Waals surface area contributed by atoms with E-state index in [1.54, 1.807) is 6.20 Å². The molecular formula is C20H22N4O2. The van der Waals surface area contributed by atoms with Crippen LogP contribution in [-0.4, -0.2) is 39.7 Å². The molecule has 0 aliphatic carbocycles. The van der Waals surface area contributed by atoms with E-state index in [-0.39, 0.29) is 6.04 Å². The smallest absolute Gasteiger partial charge is 0.244 e. The summed E-state index contributed by atoms with van der Waals surface area (Å²) in [7, 11) is 0. The second kappa shape index (κ2) is 8.10. The number of ether oxygens (including phenoxy) is 1. The van der Waals surface area contributed by atoms with Crippen molar-refractivity contribution < 1.29 is 9.26 Å². The van der Waals surface area contributed by atoms with Crippen LogP contribution in [0.4, 0.5) is 0 Å². The Morgan fingerprint density at radius 3 is 2.85 bits per heavy atom. The van der Waals surface area contributed by atoms with E-state index in [4.69, 9.17) is 9.26 Å². The Kier molecular flexibility index (Phi) is 5.21. The van der Waals surface area contributed by atoms with E-state index in [0.717, 1.165) is 43.8 Å². The Labute approximate surface area is 152 Å². The average Bonchev–Trinajstić information content (AvgIpc) is 3.36. The number of para-hydroxylation sites is 1.